The Balaban J connectivity index is 1.71. The second kappa shape index (κ2) is 6.93. The number of Topliss-reactive ketones (excluding diaryl/α,β-unsaturated/α-hetero) is 1. The molecular weight excluding hydrogens is 322 g/mol. The number of ether oxygens (including phenoxy) is 1. The van der Waals surface area contributed by atoms with Crippen molar-refractivity contribution in [3.8, 4) is 0 Å². The summed E-state index contributed by atoms with van der Waals surface area (Å²) in [7, 11) is 0. The summed E-state index contributed by atoms with van der Waals surface area (Å²) in [6, 6.07) is 12.6. The first kappa shape index (κ1) is 16.3. The van der Waals surface area contributed by atoms with E-state index in [-0.39, 0.29) is 5.78 Å². The van der Waals surface area contributed by atoms with Gasteiger partial charge >= 0.3 is 5.97 Å². The fourth-order valence-corrected chi connectivity index (χ4v) is 3.12. The summed E-state index contributed by atoms with van der Waals surface area (Å²) in [6.07, 6.45) is 0.0844. The van der Waals surface area contributed by atoms with E-state index in [0.717, 1.165) is 22.2 Å². The molecule has 5 heteroatoms. The number of esters is 1. The minimum Gasteiger partial charge on any atom is -0.451 e. The van der Waals surface area contributed by atoms with Crippen molar-refractivity contribution in [2.45, 2.75) is 26.4 Å². The van der Waals surface area contributed by atoms with Crippen LogP contribution in [0.15, 0.2) is 48.0 Å². The molecule has 0 aliphatic heterocycles. The van der Waals surface area contributed by atoms with Crippen LogP contribution in [0.4, 0.5) is 0 Å². The first-order chi connectivity index (χ1) is 11.6. The number of hydrogen-bond donors (Lipinski definition) is 0. The van der Waals surface area contributed by atoms with Crippen LogP contribution in [0.5, 0.6) is 0 Å². The molecule has 0 aliphatic rings. The van der Waals surface area contributed by atoms with Crippen LogP contribution in [0.1, 0.15) is 40.1 Å². The summed E-state index contributed by atoms with van der Waals surface area (Å²) >= 11 is 1.46. The maximum Gasteiger partial charge on any atom is 0.338 e. The quantitative estimate of drug-likeness (QED) is 0.514. The van der Waals surface area contributed by atoms with E-state index in [1.165, 1.54) is 11.3 Å². The van der Waals surface area contributed by atoms with E-state index in [4.69, 9.17) is 4.74 Å². The molecule has 0 amide bonds. The second-order valence-corrected chi connectivity index (χ2v) is 6.38. The van der Waals surface area contributed by atoms with Crippen LogP contribution >= 0.6 is 11.3 Å². The lowest BCUT2D eigenvalue weighted by atomic mass is 10.0. The van der Waals surface area contributed by atoms with Crippen molar-refractivity contribution in [3.63, 3.8) is 0 Å². The number of carbonyl (C=O) groups is 2. The summed E-state index contributed by atoms with van der Waals surface area (Å²) in [5.74, 6) is -0.707. The van der Waals surface area contributed by atoms with Gasteiger partial charge in [0.25, 0.3) is 0 Å². The van der Waals surface area contributed by atoms with Crippen LogP contribution in [-0.4, -0.2) is 22.8 Å². The van der Waals surface area contributed by atoms with Gasteiger partial charge < -0.3 is 4.74 Å². The molecule has 0 N–H and O–H groups in total. The van der Waals surface area contributed by atoms with Crippen LogP contribution in [0.25, 0.3) is 10.2 Å². The van der Waals surface area contributed by atoms with Crippen molar-refractivity contribution in [1.29, 1.82) is 0 Å². The van der Waals surface area contributed by atoms with Gasteiger partial charge in [0.15, 0.2) is 6.10 Å². The van der Waals surface area contributed by atoms with Crippen molar-refractivity contribution in [1.82, 2.24) is 4.98 Å². The molecule has 0 unspecified atom stereocenters. The van der Waals surface area contributed by atoms with E-state index in [1.807, 2.05) is 12.1 Å². The standard InChI is InChI=1S/C19H17NO3S/c1-3-13-4-6-14(7-5-13)18(21)12(2)23-19(22)15-8-9-16-17(10-15)24-11-20-16/h4-12H,3H2,1-2H3/t12-/m1/s1. The highest BCUT2D eigenvalue weighted by Gasteiger charge is 2.20. The molecule has 0 radical (unpaired) electrons. The second-order valence-electron chi connectivity index (χ2n) is 5.50. The molecule has 122 valence electrons. The first-order valence-corrected chi connectivity index (χ1v) is 8.64. The van der Waals surface area contributed by atoms with Gasteiger partial charge in [-0.25, -0.2) is 9.78 Å². The Kier molecular flexibility index (Phi) is 4.71. The molecule has 0 spiro atoms. The molecule has 1 aromatic heterocycles. The van der Waals surface area contributed by atoms with Gasteiger partial charge in [0.2, 0.25) is 5.78 Å². The van der Waals surface area contributed by atoms with Crippen molar-refractivity contribution < 1.29 is 14.3 Å². The van der Waals surface area contributed by atoms with Crippen molar-refractivity contribution in [2.75, 3.05) is 0 Å². The van der Waals surface area contributed by atoms with Crippen molar-refractivity contribution >= 4 is 33.3 Å². The third kappa shape index (κ3) is 3.36. The monoisotopic (exact) mass is 339 g/mol. The van der Waals surface area contributed by atoms with Crippen molar-refractivity contribution in [3.05, 3.63) is 64.7 Å². The molecule has 1 atom stereocenters. The lowest BCUT2D eigenvalue weighted by Gasteiger charge is -2.12. The Bertz CT molecular complexity index is 883. The predicted molar refractivity (Wildman–Crippen MR) is 94.6 cm³/mol. The van der Waals surface area contributed by atoms with Gasteiger partial charge in [-0.2, -0.15) is 0 Å². The van der Waals surface area contributed by atoms with E-state index in [2.05, 4.69) is 11.9 Å². The van der Waals surface area contributed by atoms with E-state index in [0.29, 0.717) is 11.1 Å². The van der Waals surface area contributed by atoms with Gasteiger partial charge in [0.1, 0.15) is 0 Å². The number of ketones is 1. The molecule has 0 bridgehead atoms. The highest BCUT2D eigenvalue weighted by molar-refractivity contribution is 7.16. The molecule has 24 heavy (non-hydrogen) atoms. The first-order valence-electron chi connectivity index (χ1n) is 7.76. The zero-order chi connectivity index (χ0) is 17.1. The lowest BCUT2D eigenvalue weighted by Crippen LogP contribution is -2.24. The Hall–Kier alpha value is -2.53. The predicted octanol–water partition coefficient (Wildman–Crippen LogP) is 4.29. The number of rotatable bonds is 5. The number of thiazole rings is 1. The maximum atomic E-state index is 12.4. The van der Waals surface area contributed by atoms with Gasteiger partial charge in [-0.15, -0.1) is 11.3 Å². The van der Waals surface area contributed by atoms with Crippen LogP contribution in [0.2, 0.25) is 0 Å². The summed E-state index contributed by atoms with van der Waals surface area (Å²) < 4.78 is 6.25. The third-order valence-electron chi connectivity index (χ3n) is 3.87. The molecule has 0 aliphatic carbocycles. The van der Waals surface area contributed by atoms with Gasteiger partial charge in [0, 0.05) is 5.56 Å². The number of fused-ring (bicyclic) bond motifs is 1. The smallest absolute Gasteiger partial charge is 0.338 e. The van der Waals surface area contributed by atoms with E-state index in [9.17, 15) is 9.59 Å². The Morgan fingerprint density at radius 2 is 1.83 bits per heavy atom. The number of carbonyl (C=O) groups excluding carboxylic acids is 2. The molecule has 0 fully saturated rings. The number of aryl methyl sites for hydroxylation is 1. The molecule has 3 rings (SSSR count). The zero-order valence-electron chi connectivity index (χ0n) is 13.5. The molecule has 0 saturated carbocycles. The topological polar surface area (TPSA) is 56.3 Å². The number of hydrogen-bond acceptors (Lipinski definition) is 5. The van der Waals surface area contributed by atoms with Crippen LogP contribution in [-0.2, 0) is 11.2 Å². The Morgan fingerprint density at radius 3 is 2.54 bits per heavy atom. The molecular formula is C19H17NO3S. The largest absolute Gasteiger partial charge is 0.451 e. The highest BCUT2D eigenvalue weighted by atomic mass is 32.1. The maximum absolute atomic E-state index is 12.4. The van der Waals surface area contributed by atoms with Crippen LogP contribution < -0.4 is 0 Å². The van der Waals surface area contributed by atoms with Gasteiger partial charge in [-0.3, -0.25) is 4.79 Å². The summed E-state index contributed by atoms with van der Waals surface area (Å²) in [4.78, 5) is 28.8. The number of aromatic nitrogens is 1. The minimum absolute atomic E-state index is 0.204. The Morgan fingerprint density at radius 1 is 1.12 bits per heavy atom. The van der Waals surface area contributed by atoms with E-state index >= 15 is 0 Å². The molecule has 2 aromatic carbocycles. The van der Waals surface area contributed by atoms with Crippen LogP contribution in [0, 0.1) is 0 Å². The fourth-order valence-electron chi connectivity index (χ4n) is 2.40. The van der Waals surface area contributed by atoms with E-state index < -0.39 is 12.1 Å². The molecule has 4 nitrogen and oxygen atoms in total. The van der Waals surface area contributed by atoms with Crippen molar-refractivity contribution in [2.24, 2.45) is 0 Å². The highest BCUT2D eigenvalue weighted by Crippen LogP contribution is 2.20. The molecule has 3 aromatic rings. The molecule has 0 saturated heterocycles. The average molecular weight is 339 g/mol. The molecule has 1 heterocycles. The van der Waals surface area contributed by atoms with Crippen LogP contribution in [0.3, 0.4) is 0 Å². The average Bonchev–Trinajstić information content (AvgIpc) is 3.08. The van der Waals surface area contributed by atoms with Gasteiger partial charge in [-0.05, 0) is 37.1 Å². The summed E-state index contributed by atoms with van der Waals surface area (Å²) in [6.45, 7) is 3.65. The summed E-state index contributed by atoms with van der Waals surface area (Å²) in [5.41, 5.74) is 4.70. The SMILES string of the molecule is CCc1ccc(C(=O)[C@@H](C)OC(=O)c2ccc3ncsc3c2)cc1. The van der Waals surface area contributed by atoms with Gasteiger partial charge in [0.05, 0.1) is 21.3 Å². The normalized spacial score (nSPS) is 12.1. The van der Waals surface area contributed by atoms with Gasteiger partial charge in [-0.1, -0.05) is 31.2 Å². The lowest BCUT2D eigenvalue weighted by molar-refractivity contribution is 0.0319. The Labute approximate surface area is 144 Å². The number of nitrogens with zero attached hydrogens (tertiary/aromatic N) is 1. The van der Waals surface area contributed by atoms with E-state index in [1.54, 1.807) is 42.8 Å². The summed E-state index contributed by atoms with van der Waals surface area (Å²) in [5, 5.41) is 0. The number of benzene rings is 2. The third-order valence-corrected chi connectivity index (χ3v) is 4.66. The minimum atomic E-state index is -0.831. The fraction of sp³-hybridized carbons (Fsp3) is 0.211. The zero-order valence-corrected chi connectivity index (χ0v) is 14.3.